The SMILES string of the molecule is O=C1NC(=O)N(c2ccc(C34CC5CC(CC(C5)C3)C4)cc2)C(=O)/C1=C/c1cccc(C(F)(F)F)c1. The van der Waals surface area contributed by atoms with Crippen LogP contribution in [0.15, 0.2) is 54.1 Å². The summed E-state index contributed by atoms with van der Waals surface area (Å²) in [5, 5.41) is 2.13. The fourth-order valence-corrected chi connectivity index (χ4v) is 7.29. The van der Waals surface area contributed by atoms with Crippen molar-refractivity contribution in [3.8, 4) is 0 Å². The third-order valence-electron chi connectivity index (χ3n) is 8.40. The van der Waals surface area contributed by atoms with Crippen LogP contribution in [0.3, 0.4) is 0 Å². The predicted molar refractivity (Wildman–Crippen MR) is 127 cm³/mol. The molecule has 4 aliphatic carbocycles. The van der Waals surface area contributed by atoms with Gasteiger partial charge in [-0.15, -0.1) is 0 Å². The summed E-state index contributed by atoms with van der Waals surface area (Å²) in [6.45, 7) is 0. The van der Waals surface area contributed by atoms with Gasteiger partial charge in [0.15, 0.2) is 0 Å². The van der Waals surface area contributed by atoms with E-state index in [1.807, 2.05) is 12.1 Å². The zero-order chi connectivity index (χ0) is 25.2. The van der Waals surface area contributed by atoms with Gasteiger partial charge in [0.1, 0.15) is 5.57 Å². The van der Waals surface area contributed by atoms with Crippen LogP contribution < -0.4 is 10.2 Å². The lowest BCUT2D eigenvalue weighted by Crippen LogP contribution is -2.54. The predicted octanol–water partition coefficient (Wildman–Crippen LogP) is 5.84. The number of hydrogen-bond acceptors (Lipinski definition) is 3. The molecule has 2 aromatic carbocycles. The number of halogens is 3. The summed E-state index contributed by atoms with van der Waals surface area (Å²) in [5.41, 5.74) is 0.438. The number of alkyl halides is 3. The Morgan fingerprint density at radius 2 is 1.50 bits per heavy atom. The number of barbiturate groups is 1. The fraction of sp³-hybridized carbons (Fsp3) is 0.393. The summed E-state index contributed by atoms with van der Waals surface area (Å²) < 4.78 is 39.2. The Hall–Kier alpha value is -3.42. The number of rotatable bonds is 3. The quantitative estimate of drug-likeness (QED) is 0.431. The summed E-state index contributed by atoms with van der Waals surface area (Å²) in [5.74, 6) is 0.521. The van der Waals surface area contributed by atoms with Crippen molar-refractivity contribution in [3.63, 3.8) is 0 Å². The van der Waals surface area contributed by atoms with Crippen LogP contribution in [-0.4, -0.2) is 17.8 Å². The van der Waals surface area contributed by atoms with E-state index in [0.29, 0.717) is 5.69 Å². The third-order valence-corrected chi connectivity index (χ3v) is 8.40. The number of hydrogen-bond donors (Lipinski definition) is 1. The maximum atomic E-state index is 13.2. The van der Waals surface area contributed by atoms with Gasteiger partial charge < -0.3 is 0 Å². The summed E-state index contributed by atoms with van der Waals surface area (Å²) >= 11 is 0. The summed E-state index contributed by atoms with van der Waals surface area (Å²) in [6.07, 6.45) is 4.04. The van der Waals surface area contributed by atoms with Crippen LogP contribution in [0.1, 0.15) is 55.2 Å². The highest BCUT2D eigenvalue weighted by atomic mass is 19.4. The van der Waals surface area contributed by atoms with Crippen molar-refractivity contribution in [1.82, 2.24) is 5.32 Å². The summed E-state index contributed by atoms with van der Waals surface area (Å²) in [6, 6.07) is 10.9. The minimum Gasteiger partial charge on any atom is -0.273 e. The van der Waals surface area contributed by atoms with E-state index in [1.165, 1.54) is 56.2 Å². The highest BCUT2D eigenvalue weighted by molar-refractivity contribution is 6.39. The maximum Gasteiger partial charge on any atom is 0.416 e. The molecular weight excluding hydrogens is 469 g/mol. The van der Waals surface area contributed by atoms with Gasteiger partial charge in [0.2, 0.25) is 0 Å². The van der Waals surface area contributed by atoms with Crippen LogP contribution in [-0.2, 0) is 21.2 Å². The van der Waals surface area contributed by atoms with Gasteiger partial charge in [0.05, 0.1) is 11.3 Å². The summed E-state index contributed by atoms with van der Waals surface area (Å²) in [4.78, 5) is 39.1. The molecule has 0 aromatic heterocycles. The molecule has 5 nitrogen and oxygen atoms in total. The normalized spacial score (nSPS) is 30.8. The van der Waals surface area contributed by atoms with Crippen molar-refractivity contribution in [1.29, 1.82) is 0 Å². The van der Waals surface area contributed by atoms with E-state index in [-0.39, 0.29) is 11.0 Å². The Kier molecular flexibility index (Phi) is 5.14. The van der Waals surface area contributed by atoms with E-state index in [4.69, 9.17) is 0 Å². The number of urea groups is 1. The standard InChI is InChI=1S/C28H25F3N2O3/c29-28(30,31)21-3-1-2-16(11-21)12-23-24(34)32-26(36)33(25(23)35)22-6-4-20(5-7-22)27-13-17-8-18(14-27)10-19(9-17)15-27/h1-7,11-12,17-19H,8-10,13-15H2,(H,32,34,36)/b23-12+. The fourth-order valence-electron chi connectivity index (χ4n) is 7.29. The number of amides is 4. The molecule has 5 fully saturated rings. The van der Waals surface area contributed by atoms with Gasteiger partial charge in [-0.05, 0) is 103 Å². The molecule has 4 amide bonds. The number of nitrogens with one attached hydrogen (secondary N) is 1. The second-order valence-corrected chi connectivity index (χ2v) is 10.8. The number of imide groups is 2. The number of carbonyl (C=O) groups excluding carboxylic acids is 3. The van der Waals surface area contributed by atoms with Crippen LogP contribution in [0.5, 0.6) is 0 Å². The van der Waals surface area contributed by atoms with E-state index in [2.05, 4.69) is 5.32 Å². The number of carbonyl (C=O) groups is 3. The van der Waals surface area contributed by atoms with E-state index < -0.39 is 35.2 Å². The molecule has 186 valence electrons. The minimum atomic E-state index is -4.56. The topological polar surface area (TPSA) is 66.5 Å². The van der Waals surface area contributed by atoms with Crippen molar-refractivity contribution < 1.29 is 27.6 Å². The molecular formula is C28H25F3N2O3. The zero-order valence-electron chi connectivity index (χ0n) is 19.5. The van der Waals surface area contributed by atoms with Gasteiger partial charge in [-0.1, -0.05) is 24.3 Å². The van der Waals surface area contributed by atoms with Crippen LogP contribution >= 0.6 is 0 Å². The molecule has 36 heavy (non-hydrogen) atoms. The highest BCUT2D eigenvalue weighted by Crippen LogP contribution is 2.60. The second kappa shape index (κ2) is 8.05. The Balaban J connectivity index is 1.29. The molecule has 0 spiro atoms. The van der Waals surface area contributed by atoms with Gasteiger partial charge >= 0.3 is 12.2 Å². The van der Waals surface area contributed by atoms with Crippen molar-refractivity contribution >= 4 is 29.6 Å². The van der Waals surface area contributed by atoms with E-state index in [9.17, 15) is 27.6 Å². The molecule has 1 heterocycles. The average Bonchev–Trinajstić information content (AvgIpc) is 2.81. The first-order valence-electron chi connectivity index (χ1n) is 12.3. The molecule has 1 N–H and O–H groups in total. The molecule has 0 unspecified atom stereocenters. The Bertz CT molecular complexity index is 1260. The first-order chi connectivity index (χ1) is 17.1. The maximum absolute atomic E-state index is 13.2. The lowest BCUT2D eigenvalue weighted by molar-refractivity contribution is -0.137. The smallest absolute Gasteiger partial charge is 0.273 e. The van der Waals surface area contributed by atoms with Crippen molar-refractivity contribution in [2.24, 2.45) is 17.8 Å². The third kappa shape index (κ3) is 3.83. The Morgan fingerprint density at radius 3 is 2.08 bits per heavy atom. The minimum absolute atomic E-state index is 0.0368. The zero-order valence-corrected chi connectivity index (χ0v) is 19.5. The first-order valence-corrected chi connectivity index (χ1v) is 12.3. The van der Waals surface area contributed by atoms with Gasteiger partial charge in [0, 0.05) is 0 Å². The second-order valence-electron chi connectivity index (χ2n) is 10.8. The van der Waals surface area contributed by atoms with Gasteiger partial charge in [0.25, 0.3) is 11.8 Å². The molecule has 4 saturated carbocycles. The molecule has 8 heteroatoms. The number of nitrogens with zero attached hydrogens (tertiary/aromatic N) is 1. The lowest BCUT2D eigenvalue weighted by atomic mass is 9.48. The number of anilines is 1. The molecule has 0 atom stereocenters. The van der Waals surface area contributed by atoms with E-state index in [0.717, 1.165) is 40.9 Å². The molecule has 7 rings (SSSR count). The first kappa shape index (κ1) is 23.0. The molecule has 1 aliphatic heterocycles. The largest absolute Gasteiger partial charge is 0.416 e. The Morgan fingerprint density at radius 1 is 0.889 bits per heavy atom. The van der Waals surface area contributed by atoms with Crippen molar-refractivity contribution in [2.45, 2.75) is 50.1 Å². The Labute approximate surface area is 206 Å². The number of benzene rings is 2. The molecule has 1 saturated heterocycles. The van der Waals surface area contributed by atoms with Crippen molar-refractivity contribution in [3.05, 3.63) is 70.8 Å². The van der Waals surface area contributed by atoms with Gasteiger partial charge in [-0.2, -0.15) is 13.2 Å². The van der Waals surface area contributed by atoms with Crippen LogP contribution in [0, 0.1) is 17.8 Å². The van der Waals surface area contributed by atoms with E-state index >= 15 is 0 Å². The molecule has 2 aromatic rings. The van der Waals surface area contributed by atoms with Gasteiger partial charge in [-0.3, -0.25) is 14.9 Å². The van der Waals surface area contributed by atoms with Crippen molar-refractivity contribution in [2.75, 3.05) is 4.90 Å². The molecule has 4 bridgehead atoms. The van der Waals surface area contributed by atoms with E-state index in [1.54, 1.807) is 12.1 Å². The van der Waals surface area contributed by atoms with Crippen LogP contribution in [0.2, 0.25) is 0 Å². The lowest BCUT2D eigenvalue weighted by Gasteiger charge is -2.57. The molecule has 5 aliphatic rings. The monoisotopic (exact) mass is 494 g/mol. The van der Waals surface area contributed by atoms with Crippen LogP contribution in [0.4, 0.5) is 23.7 Å². The summed E-state index contributed by atoms with van der Waals surface area (Å²) in [7, 11) is 0. The molecule has 0 radical (unpaired) electrons. The van der Waals surface area contributed by atoms with Gasteiger partial charge in [-0.25, -0.2) is 9.69 Å². The highest BCUT2D eigenvalue weighted by Gasteiger charge is 2.51. The average molecular weight is 495 g/mol. The van der Waals surface area contributed by atoms with Crippen LogP contribution in [0.25, 0.3) is 6.08 Å².